The quantitative estimate of drug-likeness (QED) is 0.848. The van der Waals surface area contributed by atoms with E-state index in [-0.39, 0.29) is 4.90 Å². The first-order valence-electron chi connectivity index (χ1n) is 4.64. The van der Waals surface area contributed by atoms with Gasteiger partial charge in [-0.3, -0.25) is 0 Å². The number of nitrogens with two attached hydrogens (primary N) is 1. The fourth-order valence-electron chi connectivity index (χ4n) is 1.49. The molecule has 2 N–H and O–H groups in total. The lowest BCUT2D eigenvalue weighted by atomic mass is 10.2. The molecular formula is C10H11N3O2S. The summed E-state index contributed by atoms with van der Waals surface area (Å²) in [5.74, 6) is 0. The Hall–Kier alpha value is -1.66. The van der Waals surface area contributed by atoms with Crippen molar-refractivity contribution in [2.45, 2.75) is 11.4 Å². The predicted octanol–water partition coefficient (Wildman–Crippen LogP) is 0.579. The third-order valence-corrected chi connectivity index (χ3v) is 3.20. The highest BCUT2D eigenvalue weighted by Gasteiger charge is 2.12. The fraction of sp³-hybridized carbons (Fsp3) is 0.100. The van der Waals surface area contributed by atoms with E-state index >= 15 is 0 Å². The largest absolute Gasteiger partial charge is 0.333 e. The van der Waals surface area contributed by atoms with Gasteiger partial charge in [-0.2, -0.15) is 0 Å². The van der Waals surface area contributed by atoms with Gasteiger partial charge in [0.1, 0.15) is 0 Å². The molecule has 5 nitrogen and oxygen atoms in total. The Bertz CT molecular complexity index is 576. The Labute approximate surface area is 93.6 Å². The third kappa shape index (κ3) is 2.29. The summed E-state index contributed by atoms with van der Waals surface area (Å²) in [6.45, 7) is 0.437. The topological polar surface area (TPSA) is 78.0 Å². The second kappa shape index (κ2) is 4.07. The van der Waals surface area contributed by atoms with E-state index in [4.69, 9.17) is 5.14 Å². The molecule has 0 radical (unpaired) electrons. The lowest BCUT2D eigenvalue weighted by Gasteiger charge is -2.07. The van der Waals surface area contributed by atoms with Crippen molar-refractivity contribution in [3.05, 3.63) is 48.5 Å². The molecule has 0 amide bonds. The van der Waals surface area contributed by atoms with Gasteiger partial charge in [-0.15, -0.1) is 0 Å². The van der Waals surface area contributed by atoms with Gasteiger partial charge in [0.05, 0.1) is 11.2 Å². The fourth-order valence-corrected chi connectivity index (χ4v) is 2.26. The molecule has 0 aliphatic rings. The maximum absolute atomic E-state index is 11.3. The van der Waals surface area contributed by atoms with Crippen LogP contribution in [-0.4, -0.2) is 18.0 Å². The monoisotopic (exact) mass is 237 g/mol. The summed E-state index contributed by atoms with van der Waals surface area (Å²) in [5.41, 5.74) is 0.656. The Morgan fingerprint density at radius 2 is 2.06 bits per heavy atom. The average Bonchev–Trinajstić information content (AvgIpc) is 2.70. The Morgan fingerprint density at radius 1 is 1.31 bits per heavy atom. The van der Waals surface area contributed by atoms with Crippen molar-refractivity contribution in [1.29, 1.82) is 0 Å². The van der Waals surface area contributed by atoms with Gasteiger partial charge in [0.15, 0.2) is 0 Å². The van der Waals surface area contributed by atoms with E-state index in [1.807, 2.05) is 0 Å². The van der Waals surface area contributed by atoms with Crippen LogP contribution in [0.15, 0.2) is 47.9 Å². The summed E-state index contributed by atoms with van der Waals surface area (Å²) < 4.78 is 24.5. The van der Waals surface area contributed by atoms with Crippen LogP contribution in [-0.2, 0) is 16.6 Å². The highest BCUT2D eigenvalue weighted by atomic mass is 32.2. The van der Waals surface area contributed by atoms with Crippen molar-refractivity contribution in [3.63, 3.8) is 0 Å². The molecular weight excluding hydrogens is 226 g/mol. The van der Waals surface area contributed by atoms with E-state index in [0.717, 1.165) is 0 Å². The lowest BCUT2D eigenvalue weighted by molar-refractivity contribution is 0.595. The average molecular weight is 237 g/mol. The van der Waals surface area contributed by atoms with Crippen LogP contribution in [0.5, 0.6) is 0 Å². The van der Waals surface area contributed by atoms with Crippen LogP contribution in [0, 0.1) is 0 Å². The van der Waals surface area contributed by atoms with Crippen LogP contribution >= 0.6 is 0 Å². The van der Waals surface area contributed by atoms with E-state index in [9.17, 15) is 8.42 Å². The number of aromatic nitrogens is 2. The van der Waals surface area contributed by atoms with Crippen molar-refractivity contribution in [3.8, 4) is 0 Å². The molecule has 0 saturated heterocycles. The minimum Gasteiger partial charge on any atom is -0.333 e. The minimum absolute atomic E-state index is 0.156. The molecule has 1 aromatic heterocycles. The summed E-state index contributed by atoms with van der Waals surface area (Å²) in [5, 5.41) is 5.13. The van der Waals surface area contributed by atoms with Crippen LogP contribution in [0.1, 0.15) is 5.56 Å². The molecule has 0 bridgehead atoms. The van der Waals surface area contributed by atoms with Gasteiger partial charge in [0.25, 0.3) is 0 Å². The molecule has 2 aromatic rings. The second-order valence-electron chi connectivity index (χ2n) is 3.39. The normalized spacial score (nSPS) is 11.6. The number of rotatable bonds is 3. The van der Waals surface area contributed by atoms with Crippen molar-refractivity contribution < 1.29 is 8.42 Å². The van der Waals surface area contributed by atoms with Crippen LogP contribution < -0.4 is 5.14 Å². The first-order valence-corrected chi connectivity index (χ1v) is 6.18. The SMILES string of the molecule is NS(=O)(=O)c1ccccc1Cn1ccnc1. The molecule has 0 aliphatic heterocycles. The number of nitrogens with zero attached hydrogens (tertiary/aromatic N) is 2. The number of primary sulfonamides is 1. The summed E-state index contributed by atoms with van der Waals surface area (Å²) in [7, 11) is -3.67. The van der Waals surface area contributed by atoms with E-state index in [1.165, 1.54) is 6.07 Å². The van der Waals surface area contributed by atoms with Crippen molar-refractivity contribution in [2.75, 3.05) is 0 Å². The molecule has 0 atom stereocenters. The first kappa shape index (κ1) is 10.8. The van der Waals surface area contributed by atoms with Crippen LogP contribution in [0.3, 0.4) is 0 Å². The zero-order valence-corrected chi connectivity index (χ0v) is 9.26. The van der Waals surface area contributed by atoms with Gasteiger partial charge in [-0.25, -0.2) is 18.5 Å². The number of imidazole rings is 1. The predicted molar refractivity (Wildman–Crippen MR) is 59.1 cm³/mol. The molecule has 6 heteroatoms. The smallest absolute Gasteiger partial charge is 0.238 e. The van der Waals surface area contributed by atoms with Gasteiger partial charge in [0.2, 0.25) is 10.0 Å². The molecule has 0 unspecified atom stereocenters. The van der Waals surface area contributed by atoms with Crippen LogP contribution in [0.4, 0.5) is 0 Å². The van der Waals surface area contributed by atoms with E-state index < -0.39 is 10.0 Å². The molecule has 2 rings (SSSR count). The van der Waals surface area contributed by atoms with E-state index in [2.05, 4.69) is 4.98 Å². The third-order valence-electron chi connectivity index (χ3n) is 2.19. The minimum atomic E-state index is -3.67. The number of hydrogen-bond acceptors (Lipinski definition) is 3. The van der Waals surface area contributed by atoms with Gasteiger partial charge >= 0.3 is 0 Å². The Balaban J connectivity index is 2.42. The summed E-state index contributed by atoms with van der Waals surface area (Å²) in [4.78, 5) is 4.05. The molecule has 1 aromatic carbocycles. The standard InChI is InChI=1S/C10H11N3O2S/c11-16(14,15)10-4-2-1-3-9(10)7-13-6-5-12-8-13/h1-6,8H,7H2,(H2,11,14,15). The first-order chi connectivity index (χ1) is 7.57. The van der Waals surface area contributed by atoms with E-state index in [0.29, 0.717) is 12.1 Å². The second-order valence-corrected chi connectivity index (χ2v) is 4.92. The Kier molecular flexibility index (Phi) is 2.76. The summed E-state index contributed by atoms with van der Waals surface area (Å²) in [6, 6.07) is 6.67. The highest BCUT2D eigenvalue weighted by molar-refractivity contribution is 7.89. The molecule has 1 heterocycles. The summed E-state index contributed by atoms with van der Waals surface area (Å²) in [6.07, 6.45) is 5.03. The number of hydrogen-bond donors (Lipinski definition) is 1. The van der Waals surface area contributed by atoms with Gasteiger partial charge in [0, 0.05) is 18.9 Å². The maximum atomic E-state index is 11.3. The molecule has 0 aliphatic carbocycles. The number of sulfonamides is 1. The Morgan fingerprint density at radius 3 is 2.69 bits per heavy atom. The zero-order chi connectivity index (χ0) is 11.6. The number of benzene rings is 1. The molecule has 16 heavy (non-hydrogen) atoms. The molecule has 0 saturated carbocycles. The molecule has 84 valence electrons. The van der Waals surface area contributed by atoms with Crippen LogP contribution in [0.2, 0.25) is 0 Å². The van der Waals surface area contributed by atoms with Crippen molar-refractivity contribution >= 4 is 10.0 Å². The molecule has 0 spiro atoms. The maximum Gasteiger partial charge on any atom is 0.238 e. The van der Waals surface area contributed by atoms with E-state index in [1.54, 1.807) is 41.5 Å². The van der Waals surface area contributed by atoms with Crippen LogP contribution in [0.25, 0.3) is 0 Å². The van der Waals surface area contributed by atoms with Gasteiger partial charge < -0.3 is 4.57 Å². The molecule has 0 fully saturated rings. The van der Waals surface area contributed by atoms with Gasteiger partial charge in [-0.05, 0) is 11.6 Å². The zero-order valence-electron chi connectivity index (χ0n) is 8.45. The summed E-state index contributed by atoms with van der Waals surface area (Å²) >= 11 is 0. The highest BCUT2D eigenvalue weighted by Crippen LogP contribution is 2.14. The lowest BCUT2D eigenvalue weighted by Crippen LogP contribution is -2.15. The van der Waals surface area contributed by atoms with Crippen molar-refractivity contribution in [2.24, 2.45) is 5.14 Å². The van der Waals surface area contributed by atoms with Crippen molar-refractivity contribution in [1.82, 2.24) is 9.55 Å². The van der Waals surface area contributed by atoms with Gasteiger partial charge in [-0.1, -0.05) is 18.2 Å².